The van der Waals surface area contributed by atoms with Crippen LogP contribution in [0.3, 0.4) is 0 Å². The number of carbonyl (C=O) groups excluding carboxylic acids is 1. The van der Waals surface area contributed by atoms with Crippen molar-refractivity contribution in [1.29, 1.82) is 0 Å². The van der Waals surface area contributed by atoms with Crippen molar-refractivity contribution in [2.24, 2.45) is 0 Å². The third-order valence-corrected chi connectivity index (χ3v) is 6.40. The van der Waals surface area contributed by atoms with Crippen molar-refractivity contribution in [3.05, 3.63) is 29.3 Å². The van der Waals surface area contributed by atoms with Gasteiger partial charge in [0.1, 0.15) is 5.82 Å². The van der Waals surface area contributed by atoms with Crippen molar-refractivity contribution in [1.82, 2.24) is 9.62 Å². The first-order chi connectivity index (χ1) is 16.3. The fourth-order valence-electron chi connectivity index (χ4n) is 4.27. The van der Waals surface area contributed by atoms with Crippen molar-refractivity contribution in [3.8, 4) is 5.75 Å². The van der Waals surface area contributed by atoms with Crippen LogP contribution >= 0.6 is 0 Å². The predicted molar refractivity (Wildman–Crippen MR) is 109 cm³/mol. The van der Waals surface area contributed by atoms with E-state index in [2.05, 4.69) is 4.72 Å². The highest BCUT2D eigenvalue weighted by Gasteiger charge is 2.38. The van der Waals surface area contributed by atoms with Crippen LogP contribution in [-0.2, 0) is 19.6 Å². The van der Waals surface area contributed by atoms with Crippen LogP contribution in [0.1, 0.15) is 55.4 Å². The molecular formula is C21H28F2N2O5S. The van der Waals surface area contributed by atoms with Crippen molar-refractivity contribution in [3.63, 3.8) is 0 Å². The zero-order valence-electron chi connectivity index (χ0n) is 21.0. The van der Waals surface area contributed by atoms with Gasteiger partial charge < -0.3 is 14.4 Å². The summed E-state index contributed by atoms with van der Waals surface area (Å²) in [6, 6.07) is -0.100. The third-order valence-electron chi connectivity index (χ3n) is 5.67. The van der Waals surface area contributed by atoms with Gasteiger partial charge in [0.15, 0.2) is 18.2 Å². The fourth-order valence-corrected chi connectivity index (χ4v) is 5.09. The molecule has 3 aliphatic heterocycles. The van der Waals surface area contributed by atoms with Gasteiger partial charge in [-0.05, 0) is 50.4 Å². The Morgan fingerprint density at radius 2 is 2.06 bits per heavy atom. The zero-order valence-corrected chi connectivity index (χ0v) is 17.8. The minimum atomic E-state index is -3.63. The first-order valence-corrected chi connectivity index (χ1v) is 12.0. The molecule has 31 heavy (non-hydrogen) atoms. The highest BCUT2D eigenvalue weighted by Crippen LogP contribution is 2.40. The highest BCUT2D eigenvalue weighted by atomic mass is 32.2. The van der Waals surface area contributed by atoms with E-state index in [0.29, 0.717) is 18.9 Å². The van der Waals surface area contributed by atoms with Crippen LogP contribution in [-0.4, -0.2) is 63.4 Å². The quantitative estimate of drug-likeness (QED) is 0.729. The molecular weight excluding hydrogens is 430 g/mol. The molecule has 1 unspecified atom stereocenters. The topological polar surface area (TPSA) is 84.9 Å². The molecule has 1 aromatic rings. The fraction of sp³-hybridized carbons (Fsp3) is 0.667. The summed E-state index contributed by atoms with van der Waals surface area (Å²) in [5.41, 5.74) is -0.399. The molecule has 1 N–H and O–H groups in total. The molecule has 2 bridgehead atoms. The van der Waals surface area contributed by atoms with E-state index in [1.54, 1.807) is 0 Å². The molecule has 5 rings (SSSR count). The summed E-state index contributed by atoms with van der Waals surface area (Å²) in [6.07, 6.45) is -3.58. The Hall–Kier alpha value is -1.78. The summed E-state index contributed by atoms with van der Waals surface area (Å²) >= 11 is 0. The van der Waals surface area contributed by atoms with Gasteiger partial charge in [0.05, 0.1) is 25.0 Å². The molecule has 7 atom stereocenters. The second-order valence-electron chi connectivity index (χ2n) is 7.97. The standard InChI is InChI=1S/C21H28F2N2O5S/c1-31(27,28)24-18-3-2-8-25-19(18)11-29-15-6-4-13(5-7-15)16-9-14(22)10-17(23)21(16)30-12-20(25)26/h9-10,13,15,18-19,24H,2-8,11-12H2,1H3/t13-,15+,18-,19?/m0/s1/i4D,5D,6D,13D/t4-,5+,6+,13+,15-,18+,19?/m1. The Labute approximate surface area is 186 Å². The molecule has 3 heterocycles. The molecule has 0 spiro atoms. The highest BCUT2D eigenvalue weighted by molar-refractivity contribution is 7.88. The number of nitrogens with one attached hydrogen (secondary N) is 1. The van der Waals surface area contributed by atoms with E-state index in [9.17, 15) is 22.0 Å². The van der Waals surface area contributed by atoms with Gasteiger partial charge in [0, 0.05) is 29.7 Å². The maximum atomic E-state index is 14.8. The largest absolute Gasteiger partial charge is 0.480 e. The summed E-state index contributed by atoms with van der Waals surface area (Å²) in [6.45, 7) is -0.595. The first kappa shape index (κ1) is 17.7. The van der Waals surface area contributed by atoms with Gasteiger partial charge >= 0.3 is 0 Å². The monoisotopic (exact) mass is 462 g/mol. The molecule has 2 fully saturated rings. The lowest BCUT2D eigenvalue weighted by atomic mass is 9.82. The Bertz CT molecular complexity index is 1100. The SMILES string of the molecule is [2H][C@@H]1[C@@H]2C[C@H]([2H])[C@@]([2H])(c3cc(F)cc(F)c3OCC(=O)N3CCC[C@H](NS(C)(=O)=O)C3CO2)[C@@H]1[2H]. The molecule has 7 nitrogen and oxygen atoms in total. The lowest BCUT2D eigenvalue weighted by Crippen LogP contribution is -2.59. The van der Waals surface area contributed by atoms with E-state index in [-0.39, 0.29) is 19.6 Å². The van der Waals surface area contributed by atoms with Crippen LogP contribution in [0.2, 0.25) is 0 Å². The number of amides is 1. The molecule has 172 valence electrons. The molecule has 1 aromatic carbocycles. The number of benzene rings is 1. The maximum Gasteiger partial charge on any atom is 0.260 e. The van der Waals surface area contributed by atoms with Gasteiger partial charge in [-0.15, -0.1) is 0 Å². The zero-order chi connectivity index (χ0) is 25.7. The summed E-state index contributed by atoms with van der Waals surface area (Å²) in [4.78, 5) is 14.5. The smallest absolute Gasteiger partial charge is 0.260 e. The third kappa shape index (κ3) is 5.18. The Morgan fingerprint density at radius 3 is 2.84 bits per heavy atom. The van der Waals surface area contributed by atoms with Gasteiger partial charge in [0.25, 0.3) is 5.91 Å². The van der Waals surface area contributed by atoms with Crippen molar-refractivity contribution in [2.75, 3.05) is 26.0 Å². The van der Waals surface area contributed by atoms with Gasteiger partial charge in [-0.3, -0.25) is 4.79 Å². The van der Waals surface area contributed by atoms with E-state index < -0.39 is 88.8 Å². The van der Waals surface area contributed by atoms with Crippen molar-refractivity contribution < 1.29 is 36.9 Å². The summed E-state index contributed by atoms with van der Waals surface area (Å²) in [5, 5.41) is 0. The molecule has 0 radical (unpaired) electrons. The molecule has 1 aliphatic carbocycles. The number of ether oxygens (including phenoxy) is 2. The van der Waals surface area contributed by atoms with E-state index in [1.165, 1.54) is 4.90 Å². The lowest BCUT2D eigenvalue weighted by Gasteiger charge is -2.41. The van der Waals surface area contributed by atoms with Crippen LogP contribution in [0, 0.1) is 11.6 Å². The Morgan fingerprint density at radius 1 is 1.26 bits per heavy atom. The number of piperidine rings is 1. The van der Waals surface area contributed by atoms with Crippen LogP contribution in [0.4, 0.5) is 8.78 Å². The van der Waals surface area contributed by atoms with Gasteiger partial charge in [-0.25, -0.2) is 21.9 Å². The molecule has 1 saturated heterocycles. The molecule has 4 aliphatic rings. The van der Waals surface area contributed by atoms with Crippen molar-refractivity contribution in [2.45, 2.75) is 62.5 Å². The minimum absolute atomic E-state index is 0.167. The average Bonchev–Trinajstić information content (AvgIpc) is 2.77. The number of hydrogen-bond acceptors (Lipinski definition) is 5. The van der Waals surface area contributed by atoms with Crippen LogP contribution in [0.5, 0.6) is 5.75 Å². The molecule has 10 heteroatoms. The second-order valence-corrected chi connectivity index (χ2v) is 9.75. The number of carbonyl (C=O) groups is 1. The van der Waals surface area contributed by atoms with Crippen molar-refractivity contribution >= 4 is 15.9 Å². The second kappa shape index (κ2) is 8.99. The number of nitrogens with zero attached hydrogens (tertiary/aromatic N) is 1. The summed E-state index contributed by atoms with van der Waals surface area (Å²) < 4.78 is 101. The van der Waals surface area contributed by atoms with E-state index in [4.69, 9.17) is 15.0 Å². The molecule has 0 aromatic heterocycles. The van der Waals surface area contributed by atoms with E-state index in [1.807, 2.05) is 0 Å². The number of fused-ring (bicyclic) bond motifs is 5. The van der Waals surface area contributed by atoms with Gasteiger partial charge in [-0.2, -0.15) is 0 Å². The van der Waals surface area contributed by atoms with E-state index in [0.717, 1.165) is 12.3 Å². The van der Waals surface area contributed by atoms with Crippen LogP contribution in [0.25, 0.3) is 0 Å². The molecule has 1 amide bonds. The number of hydrogen-bond donors (Lipinski definition) is 1. The summed E-state index contributed by atoms with van der Waals surface area (Å²) in [7, 11) is -3.63. The van der Waals surface area contributed by atoms with Crippen LogP contribution in [0.15, 0.2) is 12.1 Å². The van der Waals surface area contributed by atoms with Gasteiger partial charge in [-0.1, -0.05) is 0 Å². The first-order valence-electron chi connectivity index (χ1n) is 12.3. The number of halogens is 2. The summed E-state index contributed by atoms with van der Waals surface area (Å²) in [5.74, 6) is -5.62. The number of rotatable bonds is 2. The average molecular weight is 463 g/mol. The lowest BCUT2D eigenvalue weighted by molar-refractivity contribution is -0.140. The predicted octanol–water partition coefficient (Wildman–Crippen LogP) is 2.31. The van der Waals surface area contributed by atoms with Crippen LogP contribution < -0.4 is 9.46 Å². The maximum absolute atomic E-state index is 14.8. The van der Waals surface area contributed by atoms with E-state index >= 15 is 0 Å². The Kier molecular flexibility index (Phi) is 5.15. The van der Waals surface area contributed by atoms with Gasteiger partial charge in [0.2, 0.25) is 10.0 Å². The normalized spacial score (nSPS) is 41.1. The molecule has 1 saturated carbocycles. The Balaban J connectivity index is 1.79. The minimum Gasteiger partial charge on any atom is -0.480 e. The number of sulfonamides is 1.